The summed E-state index contributed by atoms with van der Waals surface area (Å²) >= 11 is 0. The van der Waals surface area contributed by atoms with Gasteiger partial charge in [0.2, 0.25) is 0 Å². The van der Waals surface area contributed by atoms with Gasteiger partial charge in [0.1, 0.15) is 0 Å². The Morgan fingerprint density at radius 3 is 2.17 bits per heavy atom. The molecule has 0 saturated heterocycles. The van der Waals surface area contributed by atoms with E-state index in [-0.39, 0.29) is 5.54 Å². The quantitative estimate of drug-likeness (QED) is 0.583. The number of benzene rings is 1. The molecule has 23 heavy (non-hydrogen) atoms. The molecule has 0 fully saturated rings. The third kappa shape index (κ3) is 4.04. The monoisotopic (exact) mass is 330 g/mol. The molecule has 1 heterocycles. The Bertz CT molecular complexity index is 706. The lowest BCUT2D eigenvalue weighted by molar-refractivity contribution is 0.586. The highest BCUT2D eigenvalue weighted by Crippen LogP contribution is 2.62. The van der Waals surface area contributed by atoms with Crippen molar-refractivity contribution in [2.75, 3.05) is 0 Å². The number of nitrogens with zero attached hydrogens (tertiary/aromatic N) is 2. The van der Waals surface area contributed by atoms with E-state index < -0.39 is 7.05 Å². The van der Waals surface area contributed by atoms with Crippen molar-refractivity contribution in [2.24, 2.45) is 4.74 Å². The highest BCUT2D eigenvalue weighted by atomic mass is 31.2. The average molecular weight is 330 g/mol. The smallest absolute Gasteiger partial charge is 0.0738 e. The number of pyridine rings is 1. The van der Waals surface area contributed by atoms with Crippen LogP contribution in [-0.2, 0) is 6.16 Å². The van der Waals surface area contributed by atoms with Crippen molar-refractivity contribution in [3.05, 3.63) is 42.1 Å². The minimum atomic E-state index is -1.50. The second-order valence-corrected chi connectivity index (χ2v) is 12.4. The van der Waals surface area contributed by atoms with Crippen LogP contribution in [0.15, 0.2) is 41.3 Å². The molecule has 1 aromatic carbocycles. The van der Waals surface area contributed by atoms with Gasteiger partial charge in [-0.1, -0.05) is 52.0 Å². The van der Waals surface area contributed by atoms with Gasteiger partial charge in [-0.25, -0.2) is 0 Å². The fourth-order valence-electron chi connectivity index (χ4n) is 3.35. The van der Waals surface area contributed by atoms with Crippen LogP contribution in [0.5, 0.6) is 0 Å². The fourth-order valence-corrected chi connectivity index (χ4v) is 7.73. The van der Waals surface area contributed by atoms with Crippen molar-refractivity contribution in [1.82, 2.24) is 4.98 Å². The lowest BCUT2D eigenvalue weighted by atomic mass is 10.1. The zero-order valence-electron chi connectivity index (χ0n) is 15.7. The largest absolute Gasteiger partial charge is 0.297 e. The molecule has 0 aliphatic carbocycles. The summed E-state index contributed by atoms with van der Waals surface area (Å²) in [5.74, 6) is 0. The average Bonchev–Trinajstić information content (AvgIpc) is 2.45. The van der Waals surface area contributed by atoms with Gasteiger partial charge in [-0.2, -0.15) is 0 Å². The van der Waals surface area contributed by atoms with Gasteiger partial charge in [-0.3, -0.25) is 9.73 Å². The summed E-state index contributed by atoms with van der Waals surface area (Å²) in [5, 5.41) is 1.23. The molecule has 2 rings (SSSR count). The molecule has 1 aromatic heterocycles. The first-order chi connectivity index (χ1) is 10.7. The van der Waals surface area contributed by atoms with E-state index in [2.05, 4.69) is 77.7 Å². The van der Waals surface area contributed by atoms with E-state index in [9.17, 15) is 0 Å². The molecule has 126 valence electrons. The highest BCUT2D eigenvalue weighted by Gasteiger charge is 2.31. The summed E-state index contributed by atoms with van der Waals surface area (Å²) in [5.41, 5.74) is 3.67. The molecule has 0 aliphatic rings. The summed E-state index contributed by atoms with van der Waals surface area (Å²) in [6.45, 7) is 16.1. The third-order valence-electron chi connectivity index (χ3n) is 4.41. The normalized spacial score (nSPS) is 13.1. The van der Waals surface area contributed by atoms with Gasteiger partial charge in [0.25, 0.3) is 0 Å². The van der Waals surface area contributed by atoms with Gasteiger partial charge >= 0.3 is 0 Å². The summed E-state index contributed by atoms with van der Waals surface area (Å²) in [6, 6.07) is 10.7. The summed E-state index contributed by atoms with van der Waals surface area (Å²) in [4.78, 5) is 4.66. The standard InChI is InChI=1S/C20H31N2P/c1-15(2)23(16(3)4,22-20(5,6)7)14-18-11-8-10-17-12-9-13-21-19(17)18/h8-13,15-16H,14H2,1-7H3. The first kappa shape index (κ1) is 18.2. The predicted octanol–water partition coefficient (Wildman–Crippen LogP) is 6.55. The van der Waals surface area contributed by atoms with Crippen molar-refractivity contribution in [1.29, 1.82) is 0 Å². The minimum absolute atomic E-state index is 0.000328. The van der Waals surface area contributed by atoms with Crippen molar-refractivity contribution >= 4 is 18.0 Å². The predicted molar refractivity (Wildman–Crippen MR) is 105 cm³/mol. The van der Waals surface area contributed by atoms with E-state index in [4.69, 9.17) is 4.74 Å². The number of rotatable bonds is 4. The molecule has 2 nitrogen and oxygen atoms in total. The first-order valence-corrected chi connectivity index (χ1v) is 10.7. The van der Waals surface area contributed by atoms with Crippen molar-refractivity contribution in [3.63, 3.8) is 0 Å². The van der Waals surface area contributed by atoms with Gasteiger partial charge in [0.15, 0.2) is 0 Å². The SMILES string of the molecule is CC(C)P(Cc1cccc2cccnc12)(=NC(C)(C)C)C(C)C. The molecule has 3 heteroatoms. The van der Waals surface area contributed by atoms with Crippen molar-refractivity contribution in [3.8, 4) is 0 Å². The fraction of sp³-hybridized carbons (Fsp3) is 0.550. The minimum Gasteiger partial charge on any atom is -0.297 e. The molecule has 2 aromatic rings. The Balaban J connectivity index is 2.64. The molecular formula is C20H31N2P. The lowest BCUT2D eigenvalue weighted by Crippen LogP contribution is -2.18. The summed E-state index contributed by atoms with van der Waals surface area (Å²) < 4.78 is 5.42. The number of fused-ring (bicyclic) bond motifs is 1. The Kier molecular flexibility index (Phi) is 5.36. The van der Waals surface area contributed by atoms with Crippen LogP contribution in [0.25, 0.3) is 10.9 Å². The Hall–Kier alpha value is -1.14. The van der Waals surface area contributed by atoms with E-state index in [0.717, 1.165) is 11.7 Å². The van der Waals surface area contributed by atoms with Gasteiger partial charge in [0, 0.05) is 17.7 Å². The van der Waals surface area contributed by atoms with Crippen molar-refractivity contribution < 1.29 is 0 Å². The highest BCUT2D eigenvalue weighted by molar-refractivity contribution is 7.66. The van der Waals surface area contributed by atoms with Crippen LogP contribution < -0.4 is 0 Å². The molecule has 0 amide bonds. The molecule has 0 unspecified atom stereocenters. The van der Waals surface area contributed by atoms with Gasteiger partial charge in [-0.05, 0) is 50.8 Å². The maximum Gasteiger partial charge on any atom is 0.0738 e. The second kappa shape index (κ2) is 6.77. The van der Waals surface area contributed by atoms with Crippen LogP contribution in [0.2, 0.25) is 0 Å². The topological polar surface area (TPSA) is 25.2 Å². The number of aromatic nitrogens is 1. The zero-order valence-corrected chi connectivity index (χ0v) is 16.6. The molecule has 0 N–H and O–H groups in total. The molecule has 0 aliphatic heterocycles. The number of hydrogen-bond acceptors (Lipinski definition) is 2. The van der Waals surface area contributed by atoms with Gasteiger partial charge < -0.3 is 0 Å². The lowest BCUT2D eigenvalue weighted by Gasteiger charge is -2.36. The van der Waals surface area contributed by atoms with Crippen LogP contribution in [0.4, 0.5) is 0 Å². The summed E-state index contributed by atoms with van der Waals surface area (Å²) in [6.07, 6.45) is 2.95. The molecule has 0 atom stereocenters. The molecular weight excluding hydrogens is 299 g/mol. The number of para-hydroxylation sites is 1. The van der Waals surface area contributed by atoms with Crippen LogP contribution in [0.3, 0.4) is 0 Å². The number of hydrogen-bond donors (Lipinski definition) is 0. The molecule has 0 spiro atoms. The molecule has 0 radical (unpaired) electrons. The van der Waals surface area contributed by atoms with E-state index in [1.807, 2.05) is 12.3 Å². The van der Waals surface area contributed by atoms with Crippen LogP contribution in [-0.4, -0.2) is 21.8 Å². The molecule has 0 bridgehead atoms. The van der Waals surface area contributed by atoms with Crippen molar-refractivity contribution in [2.45, 2.75) is 71.5 Å². The van der Waals surface area contributed by atoms with Gasteiger partial charge in [-0.15, -0.1) is 0 Å². The van der Waals surface area contributed by atoms with Crippen LogP contribution in [0, 0.1) is 0 Å². The Morgan fingerprint density at radius 2 is 1.61 bits per heavy atom. The third-order valence-corrected chi connectivity index (χ3v) is 9.81. The van der Waals surface area contributed by atoms with Gasteiger partial charge in [0.05, 0.1) is 11.1 Å². The maximum absolute atomic E-state index is 5.42. The first-order valence-electron chi connectivity index (χ1n) is 8.60. The van der Waals surface area contributed by atoms with E-state index >= 15 is 0 Å². The Labute approximate surface area is 141 Å². The second-order valence-electron chi connectivity index (χ2n) is 8.00. The zero-order chi connectivity index (χ0) is 17.3. The van der Waals surface area contributed by atoms with Crippen LogP contribution >= 0.6 is 7.05 Å². The van der Waals surface area contributed by atoms with E-state index in [1.54, 1.807) is 0 Å². The summed E-state index contributed by atoms with van der Waals surface area (Å²) in [7, 11) is -1.50. The van der Waals surface area contributed by atoms with E-state index in [0.29, 0.717) is 11.3 Å². The van der Waals surface area contributed by atoms with E-state index in [1.165, 1.54) is 10.9 Å². The maximum atomic E-state index is 5.42. The Morgan fingerprint density at radius 1 is 1.00 bits per heavy atom. The molecule has 0 saturated carbocycles. The van der Waals surface area contributed by atoms with Crippen LogP contribution in [0.1, 0.15) is 54.0 Å².